The molecule has 0 saturated heterocycles. The minimum atomic E-state index is -0.305. The number of halogens is 2. The van der Waals surface area contributed by atoms with Crippen LogP contribution in [0.5, 0.6) is 5.75 Å². The molecule has 0 fully saturated rings. The van der Waals surface area contributed by atoms with Crippen LogP contribution >= 0.6 is 15.9 Å². The van der Waals surface area contributed by atoms with Crippen LogP contribution in [0.15, 0.2) is 41.1 Å². The van der Waals surface area contributed by atoms with Crippen LogP contribution in [0.25, 0.3) is 0 Å². The van der Waals surface area contributed by atoms with Crippen LogP contribution in [0.3, 0.4) is 0 Å². The number of ether oxygens (including phenoxy) is 1. The molecule has 0 aliphatic carbocycles. The van der Waals surface area contributed by atoms with Crippen LogP contribution in [0.1, 0.15) is 11.1 Å². The largest absolute Gasteiger partial charge is 0.487 e. The summed E-state index contributed by atoms with van der Waals surface area (Å²) in [4.78, 5) is 3.96. The third kappa shape index (κ3) is 3.27. The molecule has 2 rings (SSSR count). The molecule has 0 unspecified atom stereocenters. The number of benzene rings is 1. The molecule has 0 aliphatic heterocycles. The van der Waals surface area contributed by atoms with Crippen molar-refractivity contribution in [2.45, 2.75) is 13.2 Å². The minimum absolute atomic E-state index is 0.162. The summed E-state index contributed by atoms with van der Waals surface area (Å²) in [5.74, 6) is 0.285. The smallest absolute Gasteiger partial charge is 0.139 e. The summed E-state index contributed by atoms with van der Waals surface area (Å²) >= 11 is 3.29. The zero-order valence-corrected chi connectivity index (χ0v) is 11.2. The van der Waals surface area contributed by atoms with Crippen molar-refractivity contribution in [1.82, 2.24) is 4.98 Å². The maximum atomic E-state index is 13.7. The van der Waals surface area contributed by atoms with Crippen LogP contribution in [0.2, 0.25) is 0 Å². The minimum Gasteiger partial charge on any atom is -0.487 e. The van der Waals surface area contributed by atoms with Crippen LogP contribution in [0.4, 0.5) is 4.39 Å². The van der Waals surface area contributed by atoms with Crippen molar-refractivity contribution in [3.8, 4) is 5.75 Å². The van der Waals surface area contributed by atoms with Gasteiger partial charge in [-0.25, -0.2) is 4.39 Å². The Morgan fingerprint density at radius 1 is 1.28 bits per heavy atom. The SMILES string of the molecule is NCc1ccc(COc2cncc(Br)c2)c(F)c1. The van der Waals surface area contributed by atoms with E-state index in [1.807, 2.05) is 0 Å². The highest BCUT2D eigenvalue weighted by atomic mass is 79.9. The maximum Gasteiger partial charge on any atom is 0.139 e. The van der Waals surface area contributed by atoms with Gasteiger partial charge >= 0.3 is 0 Å². The molecular formula is C13H12BrFN2O. The van der Waals surface area contributed by atoms with Gasteiger partial charge in [-0.05, 0) is 33.6 Å². The van der Waals surface area contributed by atoms with Crippen molar-refractivity contribution in [1.29, 1.82) is 0 Å². The Labute approximate surface area is 113 Å². The van der Waals surface area contributed by atoms with Gasteiger partial charge in [0.1, 0.15) is 18.2 Å². The summed E-state index contributed by atoms with van der Waals surface area (Å²) < 4.78 is 19.9. The zero-order chi connectivity index (χ0) is 13.0. The van der Waals surface area contributed by atoms with Crippen molar-refractivity contribution < 1.29 is 9.13 Å². The lowest BCUT2D eigenvalue weighted by molar-refractivity contribution is 0.298. The third-order valence-corrected chi connectivity index (χ3v) is 2.86. The quantitative estimate of drug-likeness (QED) is 0.944. The van der Waals surface area contributed by atoms with Gasteiger partial charge in [0.15, 0.2) is 0 Å². The van der Waals surface area contributed by atoms with Gasteiger partial charge in [0.2, 0.25) is 0 Å². The van der Waals surface area contributed by atoms with Gasteiger partial charge in [-0.3, -0.25) is 4.98 Å². The lowest BCUT2D eigenvalue weighted by Gasteiger charge is -2.08. The van der Waals surface area contributed by atoms with E-state index in [4.69, 9.17) is 10.5 Å². The molecule has 0 radical (unpaired) electrons. The zero-order valence-electron chi connectivity index (χ0n) is 9.57. The average Bonchev–Trinajstić information content (AvgIpc) is 2.37. The molecule has 0 bridgehead atoms. The predicted molar refractivity (Wildman–Crippen MR) is 70.6 cm³/mol. The van der Waals surface area contributed by atoms with Crippen LogP contribution in [-0.2, 0) is 13.2 Å². The lowest BCUT2D eigenvalue weighted by atomic mass is 10.1. The molecule has 18 heavy (non-hydrogen) atoms. The van der Waals surface area contributed by atoms with Gasteiger partial charge in [0.25, 0.3) is 0 Å². The van der Waals surface area contributed by atoms with E-state index < -0.39 is 0 Å². The van der Waals surface area contributed by atoms with Crippen molar-refractivity contribution in [2.24, 2.45) is 5.73 Å². The van der Waals surface area contributed by atoms with E-state index in [9.17, 15) is 4.39 Å². The number of hydrogen-bond acceptors (Lipinski definition) is 3. The molecule has 3 nitrogen and oxygen atoms in total. The van der Waals surface area contributed by atoms with E-state index in [0.29, 0.717) is 17.9 Å². The van der Waals surface area contributed by atoms with Crippen molar-refractivity contribution >= 4 is 15.9 Å². The molecule has 1 aromatic carbocycles. The Bertz CT molecular complexity index is 548. The topological polar surface area (TPSA) is 48.1 Å². The summed E-state index contributed by atoms with van der Waals surface area (Å²) in [6.45, 7) is 0.489. The monoisotopic (exact) mass is 310 g/mol. The van der Waals surface area contributed by atoms with Crippen LogP contribution in [0, 0.1) is 5.82 Å². The molecule has 1 heterocycles. The number of nitrogens with two attached hydrogens (primary N) is 1. The Morgan fingerprint density at radius 3 is 2.78 bits per heavy atom. The molecule has 0 spiro atoms. The molecule has 0 saturated carbocycles. The standard InChI is InChI=1S/C13H12BrFN2O/c14-11-4-12(7-17-6-11)18-8-10-2-1-9(5-16)3-13(10)15/h1-4,6-7H,5,8,16H2. The number of hydrogen-bond donors (Lipinski definition) is 1. The Morgan fingerprint density at radius 2 is 2.11 bits per heavy atom. The molecule has 2 N–H and O–H groups in total. The van der Waals surface area contributed by atoms with Gasteiger partial charge in [0, 0.05) is 22.8 Å². The Hall–Kier alpha value is -1.46. The second kappa shape index (κ2) is 5.93. The highest BCUT2D eigenvalue weighted by molar-refractivity contribution is 9.10. The number of aromatic nitrogens is 1. The first-order chi connectivity index (χ1) is 8.69. The number of nitrogens with zero attached hydrogens (tertiary/aromatic N) is 1. The van der Waals surface area contributed by atoms with Gasteiger partial charge in [-0.15, -0.1) is 0 Å². The summed E-state index contributed by atoms with van der Waals surface area (Å²) in [5.41, 5.74) is 6.70. The maximum absolute atomic E-state index is 13.7. The first kappa shape index (κ1) is 13.0. The number of pyridine rings is 1. The summed E-state index contributed by atoms with van der Waals surface area (Å²) in [6.07, 6.45) is 3.24. The molecule has 0 aliphatic rings. The van der Waals surface area contributed by atoms with E-state index in [0.717, 1.165) is 10.0 Å². The highest BCUT2D eigenvalue weighted by Gasteiger charge is 2.04. The molecule has 0 amide bonds. The van der Waals surface area contributed by atoms with Gasteiger partial charge in [0.05, 0.1) is 6.20 Å². The molecule has 1 aromatic heterocycles. The molecule has 5 heteroatoms. The van der Waals surface area contributed by atoms with Gasteiger partial charge < -0.3 is 10.5 Å². The highest BCUT2D eigenvalue weighted by Crippen LogP contribution is 2.18. The molecule has 0 atom stereocenters. The van der Waals surface area contributed by atoms with E-state index >= 15 is 0 Å². The summed E-state index contributed by atoms with van der Waals surface area (Å²) in [5, 5.41) is 0. The molecular weight excluding hydrogens is 299 g/mol. The fourth-order valence-electron chi connectivity index (χ4n) is 1.47. The summed E-state index contributed by atoms with van der Waals surface area (Å²) in [6, 6.07) is 6.68. The van der Waals surface area contributed by atoms with Gasteiger partial charge in [-0.1, -0.05) is 12.1 Å². The molecule has 2 aromatic rings. The van der Waals surface area contributed by atoms with Gasteiger partial charge in [-0.2, -0.15) is 0 Å². The van der Waals surface area contributed by atoms with Crippen molar-refractivity contribution in [3.05, 3.63) is 58.1 Å². The second-order valence-corrected chi connectivity index (χ2v) is 4.67. The van der Waals surface area contributed by atoms with Crippen molar-refractivity contribution in [3.63, 3.8) is 0 Å². The normalized spacial score (nSPS) is 10.4. The van der Waals surface area contributed by atoms with Crippen LogP contribution in [-0.4, -0.2) is 4.98 Å². The first-order valence-corrected chi connectivity index (χ1v) is 6.19. The summed E-state index contributed by atoms with van der Waals surface area (Å²) in [7, 11) is 0. The molecule has 94 valence electrons. The second-order valence-electron chi connectivity index (χ2n) is 3.76. The van der Waals surface area contributed by atoms with Crippen LogP contribution < -0.4 is 10.5 Å². The van der Waals surface area contributed by atoms with E-state index in [1.54, 1.807) is 30.6 Å². The van der Waals surface area contributed by atoms with E-state index in [2.05, 4.69) is 20.9 Å². The third-order valence-electron chi connectivity index (χ3n) is 2.43. The fourth-order valence-corrected chi connectivity index (χ4v) is 1.81. The number of rotatable bonds is 4. The van der Waals surface area contributed by atoms with Crippen molar-refractivity contribution in [2.75, 3.05) is 0 Å². The first-order valence-electron chi connectivity index (χ1n) is 5.40. The van der Waals surface area contributed by atoms with E-state index in [-0.39, 0.29) is 12.4 Å². The lowest BCUT2D eigenvalue weighted by Crippen LogP contribution is -2.02. The average molecular weight is 311 g/mol. The predicted octanol–water partition coefficient (Wildman–Crippen LogP) is 3.02. The van der Waals surface area contributed by atoms with E-state index in [1.165, 1.54) is 6.07 Å². The Kier molecular flexibility index (Phi) is 4.28. The Balaban J connectivity index is 2.06. The fraction of sp³-hybridized carbons (Fsp3) is 0.154.